The summed E-state index contributed by atoms with van der Waals surface area (Å²) in [5.74, 6) is 0.630. The minimum absolute atomic E-state index is 0.0174. The third kappa shape index (κ3) is 2.96. The Morgan fingerprint density at radius 3 is 2.62 bits per heavy atom. The maximum absolute atomic E-state index is 8.99. The molecule has 2 N–H and O–H groups in total. The van der Waals surface area contributed by atoms with Crippen LogP contribution >= 0.6 is 34.5 Å². The van der Waals surface area contributed by atoms with Crippen LogP contribution in [0, 0.1) is 0 Å². The molecule has 21 heavy (non-hydrogen) atoms. The van der Waals surface area contributed by atoms with Crippen LogP contribution < -0.4 is 5.32 Å². The molecule has 0 saturated carbocycles. The average molecular weight is 340 g/mol. The molecule has 7 heteroatoms. The van der Waals surface area contributed by atoms with E-state index in [-0.39, 0.29) is 11.9 Å². The highest BCUT2D eigenvalue weighted by Gasteiger charge is 2.14. The molecule has 0 amide bonds. The van der Waals surface area contributed by atoms with Crippen LogP contribution in [0.5, 0.6) is 0 Å². The molecular formula is C14H11Cl2N3OS. The lowest BCUT2D eigenvalue weighted by Crippen LogP contribution is -2.07. The summed E-state index contributed by atoms with van der Waals surface area (Å²) in [6.45, 7) is 0.419. The van der Waals surface area contributed by atoms with Gasteiger partial charge in [-0.25, -0.2) is 9.97 Å². The summed E-state index contributed by atoms with van der Waals surface area (Å²) in [6, 6.07) is 7.60. The number of fused-ring (bicyclic) bond motifs is 1. The van der Waals surface area contributed by atoms with Crippen molar-refractivity contribution >= 4 is 50.6 Å². The van der Waals surface area contributed by atoms with Crippen LogP contribution in [0.3, 0.4) is 0 Å². The molecule has 2 aromatic heterocycles. The van der Waals surface area contributed by atoms with E-state index in [1.54, 1.807) is 0 Å². The van der Waals surface area contributed by atoms with E-state index in [0.29, 0.717) is 17.4 Å². The van der Waals surface area contributed by atoms with E-state index in [1.165, 1.54) is 11.3 Å². The van der Waals surface area contributed by atoms with Crippen LogP contribution in [0.15, 0.2) is 29.6 Å². The van der Waals surface area contributed by atoms with Crippen molar-refractivity contribution in [2.75, 3.05) is 18.5 Å². The predicted octanol–water partition coefficient (Wildman–Crippen LogP) is 4.07. The number of anilines is 1. The highest BCUT2D eigenvalue weighted by atomic mass is 35.5. The largest absolute Gasteiger partial charge is 0.395 e. The molecule has 3 rings (SSSR count). The molecule has 0 aliphatic heterocycles. The molecule has 0 aliphatic rings. The van der Waals surface area contributed by atoms with Crippen LogP contribution in [0.4, 0.5) is 5.82 Å². The first kappa shape index (κ1) is 14.5. The summed E-state index contributed by atoms with van der Waals surface area (Å²) in [6.07, 6.45) is 0. The van der Waals surface area contributed by atoms with Crippen molar-refractivity contribution in [2.45, 2.75) is 0 Å². The molecule has 0 saturated heterocycles. The molecule has 0 radical (unpaired) electrons. The van der Waals surface area contributed by atoms with Gasteiger partial charge in [-0.15, -0.1) is 11.3 Å². The maximum Gasteiger partial charge on any atom is 0.225 e. The first-order chi connectivity index (χ1) is 10.2. The Morgan fingerprint density at radius 2 is 1.90 bits per heavy atom. The number of aromatic nitrogens is 2. The first-order valence-electron chi connectivity index (χ1n) is 6.24. The molecule has 4 nitrogen and oxygen atoms in total. The monoisotopic (exact) mass is 339 g/mol. The number of aliphatic hydroxyl groups is 1. The van der Waals surface area contributed by atoms with Gasteiger partial charge >= 0.3 is 0 Å². The van der Waals surface area contributed by atoms with Gasteiger partial charge in [0.2, 0.25) is 5.28 Å². The summed E-state index contributed by atoms with van der Waals surface area (Å²) in [7, 11) is 0. The first-order valence-corrected chi connectivity index (χ1v) is 7.88. The minimum Gasteiger partial charge on any atom is -0.395 e. The topological polar surface area (TPSA) is 58.0 Å². The molecule has 0 unspecified atom stereocenters. The number of thiophene rings is 1. The van der Waals surface area contributed by atoms with E-state index < -0.39 is 0 Å². The maximum atomic E-state index is 8.99. The lowest BCUT2D eigenvalue weighted by molar-refractivity contribution is 0.311. The molecule has 3 aromatic rings. The molecule has 0 spiro atoms. The lowest BCUT2D eigenvalue weighted by Gasteiger charge is -2.08. The predicted molar refractivity (Wildman–Crippen MR) is 88.4 cm³/mol. The van der Waals surface area contributed by atoms with Crippen molar-refractivity contribution in [3.05, 3.63) is 40.0 Å². The van der Waals surface area contributed by atoms with Gasteiger partial charge in [-0.3, -0.25) is 0 Å². The molecule has 108 valence electrons. The average Bonchev–Trinajstić information content (AvgIpc) is 2.89. The number of rotatable bonds is 4. The molecular weight excluding hydrogens is 329 g/mol. The highest BCUT2D eigenvalue weighted by Crippen LogP contribution is 2.37. The van der Waals surface area contributed by atoms with Crippen LogP contribution in [-0.4, -0.2) is 28.2 Å². The number of hydrogen-bond acceptors (Lipinski definition) is 5. The van der Waals surface area contributed by atoms with Crippen LogP contribution in [0.2, 0.25) is 10.3 Å². The summed E-state index contributed by atoms with van der Waals surface area (Å²) in [5.41, 5.74) is 2.05. The Bertz CT molecular complexity index is 774. The zero-order chi connectivity index (χ0) is 14.8. The summed E-state index contributed by atoms with van der Waals surface area (Å²) in [5, 5.41) is 15.9. The fraction of sp³-hybridized carbons (Fsp3) is 0.143. The molecule has 1 aromatic carbocycles. The normalized spacial score (nSPS) is 11.0. The standard InChI is InChI=1S/C14H11Cl2N3OS/c15-9-3-1-8(2-4-9)10-7-21-13-11(10)12(17-5-6-20)18-14(16)19-13/h1-4,7,20H,5-6H2,(H,17,18,19). The fourth-order valence-electron chi connectivity index (χ4n) is 2.06. The summed E-state index contributed by atoms with van der Waals surface area (Å²) >= 11 is 13.4. The van der Waals surface area contributed by atoms with Gasteiger partial charge in [-0.2, -0.15) is 0 Å². The third-order valence-electron chi connectivity index (χ3n) is 2.97. The number of nitrogens with one attached hydrogen (secondary N) is 1. The van der Waals surface area contributed by atoms with Gasteiger partial charge < -0.3 is 10.4 Å². The molecule has 2 heterocycles. The third-order valence-corrected chi connectivity index (χ3v) is 4.26. The second kappa shape index (κ2) is 6.15. The Kier molecular flexibility index (Phi) is 4.26. The van der Waals surface area contributed by atoms with Crippen molar-refractivity contribution in [1.29, 1.82) is 0 Å². The van der Waals surface area contributed by atoms with Crippen molar-refractivity contribution < 1.29 is 5.11 Å². The second-order valence-electron chi connectivity index (χ2n) is 4.33. The van der Waals surface area contributed by atoms with Gasteiger partial charge in [0, 0.05) is 22.5 Å². The van der Waals surface area contributed by atoms with Crippen LogP contribution in [-0.2, 0) is 0 Å². The van der Waals surface area contributed by atoms with Crippen molar-refractivity contribution in [2.24, 2.45) is 0 Å². The van der Waals surface area contributed by atoms with E-state index >= 15 is 0 Å². The molecule has 0 atom stereocenters. The lowest BCUT2D eigenvalue weighted by atomic mass is 10.1. The van der Waals surface area contributed by atoms with Crippen molar-refractivity contribution in [3.63, 3.8) is 0 Å². The Balaban J connectivity index is 2.17. The van der Waals surface area contributed by atoms with Gasteiger partial charge in [-0.05, 0) is 29.3 Å². The Hall–Kier alpha value is -1.40. The van der Waals surface area contributed by atoms with E-state index in [4.69, 9.17) is 28.3 Å². The van der Waals surface area contributed by atoms with E-state index in [0.717, 1.165) is 21.3 Å². The molecule has 0 fully saturated rings. The summed E-state index contributed by atoms with van der Waals surface area (Å²) < 4.78 is 0. The number of nitrogens with zero attached hydrogens (tertiary/aromatic N) is 2. The van der Waals surface area contributed by atoms with Crippen molar-refractivity contribution in [1.82, 2.24) is 9.97 Å². The van der Waals surface area contributed by atoms with Gasteiger partial charge in [0.05, 0.1) is 12.0 Å². The molecule has 0 bridgehead atoms. The Morgan fingerprint density at radius 1 is 1.14 bits per heavy atom. The van der Waals surface area contributed by atoms with Gasteiger partial charge in [0.15, 0.2) is 0 Å². The quantitative estimate of drug-likeness (QED) is 0.703. The van der Waals surface area contributed by atoms with E-state index in [1.807, 2.05) is 29.6 Å². The zero-order valence-electron chi connectivity index (χ0n) is 10.8. The van der Waals surface area contributed by atoms with Crippen LogP contribution in [0.1, 0.15) is 0 Å². The van der Waals surface area contributed by atoms with E-state index in [9.17, 15) is 0 Å². The van der Waals surface area contributed by atoms with Gasteiger partial charge in [-0.1, -0.05) is 23.7 Å². The van der Waals surface area contributed by atoms with Gasteiger partial charge in [0.1, 0.15) is 10.6 Å². The minimum atomic E-state index is 0.0174. The van der Waals surface area contributed by atoms with Crippen LogP contribution in [0.25, 0.3) is 21.3 Å². The smallest absolute Gasteiger partial charge is 0.225 e. The molecule has 0 aliphatic carbocycles. The fourth-order valence-corrected chi connectivity index (χ4v) is 3.35. The summed E-state index contributed by atoms with van der Waals surface area (Å²) in [4.78, 5) is 9.29. The highest BCUT2D eigenvalue weighted by molar-refractivity contribution is 7.17. The van der Waals surface area contributed by atoms with Gasteiger partial charge in [0.25, 0.3) is 0 Å². The second-order valence-corrected chi connectivity index (χ2v) is 5.96. The van der Waals surface area contributed by atoms with Crippen molar-refractivity contribution in [3.8, 4) is 11.1 Å². The zero-order valence-corrected chi connectivity index (χ0v) is 13.1. The number of halogens is 2. The Labute approximate surface area is 135 Å². The van der Waals surface area contributed by atoms with E-state index in [2.05, 4.69) is 15.3 Å². The number of benzene rings is 1. The SMILES string of the molecule is OCCNc1nc(Cl)nc2scc(-c3ccc(Cl)cc3)c12. The number of hydrogen-bond donors (Lipinski definition) is 2. The number of aliphatic hydroxyl groups excluding tert-OH is 1.